The summed E-state index contributed by atoms with van der Waals surface area (Å²) in [6.45, 7) is 3.48. The number of carbonyl (C=O) groups excluding carboxylic acids is 1. The summed E-state index contributed by atoms with van der Waals surface area (Å²) in [4.78, 5) is 14.5. The quantitative estimate of drug-likeness (QED) is 0.182. The minimum absolute atomic E-state index is 0.171. The van der Waals surface area contributed by atoms with E-state index in [1.165, 1.54) is 40.5 Å². The lowest BCUT2D eigenvalue weighted by molar-refractivity contribution is -0.154. The second kappa shape index (κ2) is 14.3. The molecule has 0 bridgehead atoms. The minimum atomic E-state index is -0.606. The van der Waals surface area contributed by atoms with Gasteiger partial charge in [-0.3, -0.25) is 4.90 Å². The molecule has 0 saturated heterocycles. The number of rotatable bonds is 12. The van der Waals surface area contributed by atoms with E-state index in [4.69, 9.17) is 14.2 Å². The van der Waals surface area contributed by atoms with Crippen molar-refractivity contribution in [3.05, 3.63) is 136 Å². The average molecular weight is 564 g/mol. The van der Waals surface area contributed by atoms with Crippen LogP contribution in [0.15, 0.2) is 97.1 Å². The van der Waals surface area contributed by atoms with E-state index in [2.05, 4.69) is 84.7 Å². The Bertz CT molecular complexity index is 1450. The summed E-state index contributed by atoms with van der Waals surface area (Å²) in [5, 5.41) is 0. The molecule has 0 heterocycles. The summed E-state index contributed by atoms with van der Waals surface area (Å²) >= 11 is 0. The van der Waals surface area contributed by atoms with Gasteiger partial charge in [0.15, 0.2) is 6.10 Å². The van der Waals surface area contributed by atoms with Crippen molar-refractivity contribution in [2.24, 2.45) is 0 Å². The summed E-state index contributed by atoms with van der Waals surface area (Å²) in [5.41, 5.74) is 9.32. The molecule has 4 aromatic rings. The lowest BCUT2D eigenvalue weighted by atomic mass is 9.91. The van der Waals surface area contributed by atoms with Crippen LogP contribution in [-0.4, -0.2) is 50.9 Å². The fourth-order valence-electron chi connectivity index (χ4n) is 5.89. The second-order valence-electron chi connectivity index (χ2n) is 11.0. The van der Waals surface area contributed by atoms with Crippen LogP contribution in [-0.2, 0) is 40.0 Å². The molecule has 0 saturated carbocycles. The summed E-state index contributed by atoms with van der Waals surface area (Å²) in [6, 6.07) is 34.7. The third-order valence-electron chi connectivity index (χ3n) is 8.10. The molecule has 0 fully saturated rings. The van der Waals surface area contributed by atoms with Crippen LogP contribution in [0.5, 0.6) is 5.75 Å². The fraction of sp³-hybridized carbons (Fsp3) is 0.324. The first-order chi connectivity index (χ1) is 20.6. The standard InChI is InChI=1S/C37H41NO4/c1-4-41-37(39)35(40-3)26-28-14-19-32(20-15-28)42-23-22-38(2)36-33-13-9-8-12-30(33)17-18-31-25-29(16-21-34(31)36)24-27-10-6-5-7-11-27/h5-16,19-21,25,35-36H,4,17-18,22-24,26H2,1-3H3. The SMILES string of the molecule is CCOC(=O)C(Cc1ccc(OCCN(C)C2c3ccccc3CCc3cc(Cc4ccccc4)ccc32)cc1)OC. The van der Waals surface area contributed by atoms with Crippen LogP contribution in [0, 0.1) is 0 Å². The molecular weight excluding hydrogens is 522 g/mol. The number of benzene rings is 4. The Kier molecular flexibility index (Phi) is 10.1. The summed E-state index contributed by atoms with van der Waals surface area (Å²) in [5.74, 6) is 0.474. The maximum absolute atomic E-state index is 12.1. The number of ether oxygens (including phenoxy) is 3. The molecule has 4 aromatic carbocycles. The highest BCUT2D eigenvalue weighted by atomic mass is 16.6. The number of carbonyl (C=O) groups is 1. The van der Waals surface area contributed by atoms with Crippen molar-refractivity contribution in [2.45, 2.75) is 44.8 Å². The van der Waals surface area contributed by atoms with Crippen LogP contribution < -0.4 is 4.74 Å². The van der Waals surface area contributed by atoms with Gasteiger partial charge in [0, 0.05) is 20.1 Å². The van der Waals surface area contributed by atoms with Crippen LogP contribution >= 0.6 is 0 Å². The van der Waals surface area contributed by atoms with E-state index in [0.717, 1.165) is 37.1 Å². The molecule has 0 aromatic heterocycles. The van der Waals surface area contributed by atoms with E-state index < -0.39 is 6.10 Å². The molecule has 5 nitrogen and oxygen atoms in total. The predicted octanol–water partition coefficient (Wildman–Crippen LogP) is 6.60. The first-order valence-corrected chi connectivity index (χ1v) is 14.9. The number of methoxy groups -OCH3 is 1. The third kappa shape index (κ3) is 7.28. The van der Waals surface area contributed by atoms with Gasteiger partial charge >= 0.3 is 5.97 Å². The zero-order chi connectivity index (χ0) is 29.3. The summed E-state index contributed by atoms with van der Waals surface area (Å²) in [7, 11) is 3.73. The van der Waals surface area contributed by atoms with Gasteiger partial charge in [0.1, 0.15) is 12.4 Å². The molecule has 1 aliphatic carbocycles. The number of nitrogens with zero attached hydrogens (tertiary/aromatic N) is 1. The van der Waals surface area contributed by atoms with Gasteiger partial charge in [-0.25, -0.2) is 4.79 Å². The monoisotopic (exact) mass is 563 g/mol. The van der Waals surface area contributed by atoms with Crippen molar-refractivity contribution in [3.8, 4) is 5.75 Å². The lowest BCUT2D eigenvalue weighted by Crippen LogP contribution is -2.30. The van der Waals surface area contributed by atoms with Crippen molar-refractivity contribution in [1.82, 2.24) is 4.90 Å². The summed E-state index contributed by atoms with van der Waals surface area (Å²) in [6.07, 6.45) is 2.90. The van der Waals surface area contributed by atoms with E-state index >= 15 is 0 Å². The maximum Gasteiger partial charge on any atom is 0.335 e. The predicted molar refractivity (Wildman–Crippen MR) is 167 cm³/mol. The van der Waals surface area contributed by atoms with Crippen molar-refractivity contribution >= 4 is 5.97 Å². The van der Waals surface area contributed by atoms with E-state index in [9.17, 15) is 4.79 Å². The molecule has 1 aliphatic rings. The maximum atomic E-state index is 12.1. The third-order valence-corrected chi connectivity index (χ3v) is 8.10. The van der Waals surface area contributed by atoms with E-state index in [1.807, 2.05) is 24.3 Å². The van der Waals surface area contributed by atoms with Crippen LogP contribution in [0.1, 0.15) is 51.9 Å². The van der Waals surface area contributed by atoms with Crippen LogP contribution in [0.25, 0.3) is 0 Å². The molecule has 5 rings (SSSR count). The van der Waals surface area contributed by atoms with Gasteiger partial charge in [-0.05, 0) is 84.3 Å². The number of esters is 1. The van der Waals surface area contributed by atoms with Crippen LogP contribution in [0.3, 0.4) is 0 Å². The molecule has 0 spiro atoms. The number of hydrogen-bond donors (Lipinski definition) is 0. The molecule has 2 unspecified atom stereocenters. The Morgan fingerprint density at radius 1 is 0.833 bits per heavy atom. The lowest BCUT2D eigenvalue weighted by Gasteiger charge is -2.30. The zero-order valence-corrected chi connectivity index (χ0v) is 24.9. The first kappa shape index (κ1) is 29.6. The van der Waals surface area contributed by atoms with Gasteiger partial charge in [0.2, 0.25) is 0 Å². The normalized spacial score (nSPS) is 14.9. The van der Waals surface area contributed by atoms with Crippen molar-refractivity contribution in [2.75, 3.05) is 33.9 Å². The van der Waals surface area contributed by atoms with Crippen molar-refractivity contribution in [1.29, 1.82) is 0 Å². The highest BCUT2D eigenvalue weighted by Crippen LogP contribution is 2.36. The molecule has 0 amide bonds. The highest BCUT2D eigenvalue weighted by molar-refractivity contribution is 5.75. The van der Waals surface area contributed by atoms with E-state index in [-0.39, 0.29) is 12.0 Å². The largest absolute Gasteiger partial charge is 0.492 e. The van der Waals surface area contributed by atoms with E-state index in [1.54, 1.807) is 6.92 Å². The molecule has 0 radical (unpaired) electrons. The number of aryl methyl sites for hydroxylation is 2. The van der Waals surface area contributed by atoms with Gasteiger partial charge < -0.3 is 14.2 Å². The Morgan fingerprint density at radius 2 is 1.52 bits per heavy atom. The van der Waals surface area contributed by atoms with E-state index in [0.29, 0.717) is 19.6 Å². The zero-order valence-electron chi connectivity index (χ0n) is 24.9. The molecule has 5 heteroatoms. The van der Waals surface area contributed by atoms with Crippen molar-refractivity contribution < 1.29 is 19.0 Å². The van der Waals surface area contributed by atoms with Crippen LogP contribution in [0.2, 0.25) is 0 Å². The Morgan fingerprint density at radius 3 is 2.29 bits per heavy atom. The van der Waals surface area contributed by atoms with Gasteiger partial charge in [-0.2, -0.15) is 0 Å². The van der Waals surface area contributed by atoms with Gasteiger partial charge in [0.25, 0.3) is 0 Å². The minimum Gasteiger partial charge on any atom is -0.492 e. The number of fused-ring (bicyclic) bond motifs is 2. The summed E-state index contributed by atoms with van der Waals surface area (Å²) < 4.78 is 16.6. The fourth-order valence-corrected chi connectivity index (χ4v) is 5.89. The molecule has 0 N–H and O–H groups in total. The first-order valence-electron chi connectivity index (χ1n) is 14.9. The molecule has 218 valence electrons. The van der Waals surface area contributed by atoms with Crippen LogP contribution in [0.4, 0.5) is 0 Å². The Labute approximate surface area is 250 Å². The number of hydrogen-bond acceptors (Lipinski definition) is 5. The van der Waals surface area contributed by atoms with Gasteiger partial charge in [-0.1, -0.05) is 84.9 Å². The molecule has 0 aliphatic heterocycles. The number of likely N-dealkylation sites (N-methyl/N-ethyl adjacent to an activating group) is 1. The Hall–Kier alpha value is -3.93. The average Bonchev–Trinajstić information content (AvgIpc) is 3.18. The molecule has 2 atom stereocenters. The van der Waals surface area contributed by atoms with Crippen molar-refractivity contribution in [3.63, 3.8) is 0 Å². The molecular formula is C37H41NO4. The van der Waals surface area contributed by atoms with Gasteiger partial charge in [-0.15, -0.1) is 0 Å². The topological polar surface area (TPSA) is 48.0 Å². The second-order valence-corrected chi connectivity index (χ2v) is 11.0. The van der Waals surface area contributed by atoms with Gasteiger partial charge in [0.05, 0.1) is 12.6 Å². The smallest absolute Gasteiger partial charge is 0.335 e. The Balaban J connectivity index is 1.26. The molecule has 42 heavy (non-hydrogen) atoms. The highest BCUT2D eigenvalue weighted by Gasteiger charge is 2.27.